The Kier molecular flexibility index (Phi) is 24.8. The number of allylic oxidation sites excluding steroid dienone is 3. The van der Waals surface area contributed by atoms with Gasteiger partial charge in [-0.1, -0.05) is 21.9 Å². The van der Waals surface area contributed by atoms with E-state index < -0.39 is 145 Å². The minimum absolute atomic E-state index is 0.00345. The van der Waals surface area contributed by atoms with Crippen molar-refractivity contribution in [2.75, 3.05) is 26.8 Å². The third kappa shape index (κ3) is 17.6. The van der Waals surface area contributed by atoms with Crippen LogP contribution in [0.4, 0.5) is 57.1 Å². The molecule has 6 aliphatic carbocycles. The van der Waals surface area contributed by atoms with Crippen LogP contribution in [-0.4, -0.2) is 179 Å². The van der Waals surface area contributed by atoms with Gasteiger partial charge in [-0.15, -0.1) is 21.5 Å². The summed E-state index contributed by atoms with van der Waals surface area (Å²) in [4.78, 5) is 58.1. The number of nitrogens with zero attached hydrogens (tertiary/aromatic N) is 17. The standard InChI is InChI=1S/C32H29F5N4O3S2.C29H27F4N7O2S.C27H22F4N6O3S/c1-44-14-13-40(46(2,43)26-11-6-23(34)7-12-26)25-8-3-21-15-27-20(18-39-41(27)24-9-4-22(33)5-10-24)16-31(21,17-25)29(42)30-38-19-28(45-30)32(35,36)37;1-38-17-27(36-37-38)43(2,42)39(16-26(32)33)23-6-3-19-11-25-18(15-35-40(25)22-7-4-20(30)5-8-22)13-29(19,14-23)28(41)24-12-21(31)9-10-34-24;1-36-15-33-25(35-36)41(39,40)21-8-2-17-10-23-16(13-34-37(23)20-6-4-19(28)5-7-20)11-26(17,12-21)24(38)22-9-3-18(14-32-22)27(29,30)31/h4-7,9-12,15,18-19,25H,2-3,8,13-14,16-17H2,1H3;4-5,7-12,15,17,23,26H,2-3,6,13-14,16H2,1H3;3-7,9-10,13-15,21H,2,8,11-12H2,1H3/t25-,31-,46?;23-,29-,43?;21-,26-/m000/s1. The molecule has 678 valence electrons. The van der Waals surface area contributed by atoms with Crippen LogP contribution >= 0.6 is 11.3 Å². The van der Waals surface area contributed by atoms with E-state index in [2.05, 4.69) is 62.4 Å². The molecule has 0 N–H and O–H groups in total. The molecule has 8 aromatic heterocycles. The number of aryl methyl sites for hydroxylation is 2. The minimum atomic E-state index is -4.66. The van der Waals surface area contributed by atoms with E-state index in [0.717, 1.165) is 28.6 Å². The average molecular weight is 1880 g/mol. The zero-order valence-corrected chi connectivity index (χ0v) is 72.4. The summed E-state index contributed by atoms with van der Waals surface area (Å²) >= 11 is 0.297. The molecule has 8 heterocycles. The van der Waals surface area contributed by atoms with Crippen molar-refractivity contribution in [3.8, 4) is 17.1 Å². The number of benzene rings is 4. The second-order valence-electron chi connectivity index (χ2n) is 32.4. The highest BCUT2D eigenvalue weighted by molar-refractivity contribution is 7.98. The molecular formula is C88H78F13N17O8S4. The number of sulfone groups is 1. The number of fused-ring (bicyclic) bond motifs is 6. The number of ketones is 3. The largest absolute Gasteiger partial charge is 0.427 e. The summed E-state index contributed by atoms with van der Waals surface area (Å²) in [5.41, 5.74) is 2.49. The molecule has 6 aliphatic rings. The maximum Gasteiger partial charge on any atom is 0.427 e. The van der Waals surface area contributed by atoms with Crippen LogP contribution in [0.3, 0.4) is 0 Å². The van der Waals surface area contributed by atoms with Crippen LogP contribution in [0.5, 0.6) is 0 Å². The highest BCUT2D eigenvalue weighted by Gasteiger charge is 2.56. The van der Waals surface area contributed by atoms with Gasteiger partial charge in [0.1, 0.15) is 51.7 Å². The number of Topliss-reactive ketones (excluding diaryl/α,β-unsaturated/α-hetero) is 3. The number of thiazole rings is 1. The fourth-order valence-corrected chi connectivity index (χ4v) is 24.2. The minimum Gasteiger partial charge on any atom is -0.383 e. The maximum atomic E-state index is 14.5. The van der Waals surface area contributed by atoms with Crippen molar-refractivity contribution in [3.63, 3.8) is 0 Å². The summed E-state index contributed by atoms with van der Waals surface area (Å²) in [5, 5.41) is 23.4. The van der Waals surface area contributed by atoms with Crippen molar-refractivity contribution < 1.29 is 93.0 Å². The van der Waals surface area contributed by atoms with Crippen molar-refractivity contribution in [1.82, 2.24) is 82.7 Å². The van der Waals surface area contributed by atoms with Crippen LogP contribution in [0, 0.1) is 45.3 Å². The molecule has 0 radical (unpaired) electrons. The van der Waals surface area contributed by atoms with Crippen molar-refractivity contribution in [2.24, 2.45) is 30.3 Å². The second-order valence-corrected chi connectivity index (χ2v) is 40.0. The van der Waals surface area contributed by atoms with Gasteiger partial charge in [0.2, 0.25) is 15.6 Å². The van der Waals surface area contributed by atoms with Gasteiger partial charge in [-0.2, -0.15) is 41.6 Å². The Balaban J connectivity index is 0.000000143. The number of rotatable bonds is 22. The molecule has 25 nitrogen and oxygen atoms in total. The van der Waals surface area contributed by atoms with Gasteiger partial charge < -0.3 is 4.74 Å². The molecule has 0 amide bonds. The molecule has 42 heteroatoms. The fraction of sp³-hybridized carbons (Fsp3) is 0.307. The van der Waals surface area contributed by atoms with Crippen molar-refractivity contribution in [2.45, 2.75) is 128 Å². The summed E-state index contributed by atoms with van der Waals surface area (Å²) in [6.45, 7) is -0.504. The Morgan fingerprint density at radius 3 is 1.47 bits per heavy atom. The van der Waals surface area contributed by atoms with E-state index in [4.69, 9.17) is 4.74 Å². The van der Waals surface area contributed by atoms with Gasteiger partial charge in [-0.25, -0.2) is 80.2 Å². The number of alkyl halides is 8. The van der Waals surface area contributed by atoms with Crippen molar-refractivity contribution in [3.05, 3.63) is 277 Å². The molecule has 0 aliphatic heterocycles. The first-order valence-electron chi connectivity index (χ1n) is 40.4. The average Bonchev–Trinajstić information content (AvgIpc) is 1.01. The van der Waals surface area contributed by atoms with E-state index in [9.17, 15) is 88.3 Å². The first-order chi connectivity index (χ1) is 61.7. The molecule has 12 aromatic rings. The lowest BCUT2D eigenvalue weighted by molar-refractivity contribution is -0.138. The summed E-state index contributed by atoms with van der Waals surface area (Å²) in [6, 6.07) is 25.2. The topological polar surface area (TPSA) is 289 Å². The van der Waals surface area contributed by atoms with Crippen LogP contribution in [0.25, 0.3) is 35.3 Å². The summed E-state index contributed by atoms with van der Waals surface area (Å²) in [5.74, 6) is 3.87. The molecule has 8 atom stereocenters. The molecule has 3 saturated carbocycles. The summed E-state index contributed by atoms with van der Waals surface area (Å²) in [7, 11) is -6.18. The first-order valence-corrected chi connectivity index (χ1v) is 46.1. The molecular weight excluding hydrogens is 1800 g/mol. The lowest BCUT2D eigenvalue weighted by Gasteiger charge is -2.47. The fourth-order valence-electron chi connectivity index (χ4n) is 18.2. The summed E-state index contributed by atoms with van der Waals surface area (Å²) in [6.07, 6.45) is 5.20. The quantitative estimate of drug-likeness (QED) is 0.0346. The van der Waals surface area contributed by atoms with Gasteiger partial charge in [0.25, 0.3) is 11.6 Å². The molecule has 18 rings (SSSR count). The van der Waals surface area contributed by atoms with Crippen LogP contribution in [-0.2, 0) is 79.7 Å². The van der Waals surface area contributed by atoms with Gasteiger partial charge in [0.05, 0.1) is 125 Å². The van der Waals surface area contributed by atoms with Crippen molar-refractivity contribution in [1.29, 1.82) is 0 Å². The van der Waals surface area contributed by atoms with Crippen LogP contribution < -0.4 is 0 Å². The van der Waals surface area contributed by atoms with E-state index in [1.165, 1.54) is 103 Å². The van der Waals surface area contributed by atoms with Gasteiger partial charge >= 0.3 is 12.4 Å². The Labute approximate surface area is 739 Å². The maximum absolute atomic E-state index is 14.5. The van der Waals surface area contributed by atoms with E-state index >= 15 is 0 Å². The number of pyridine rings is 2. The molecule has 3 fully saturated rings. The lowest BCUT2D eigenvalue weighted by atomic mass is 9.60. The molecule has 0 spiro atoms. The number of aromatic nitrogens is 15. The Hall–Kier alpha value is -12.1. The number of carbonyl (C=O) groups is 3. The second kappa shape index (κ2) is 35.3. The molecule has 130 heavy (non-hydrogen) atoms. The Morgan fingerprint density at radius 1 is 0.546 bits per heavy atom. The van der Waals surface area contributed by atoms with Crippen LogP contribution in [0.2, 0.25) is 0 Å². The predicted molar refractivity (Wildman–Crippen MR) is 453 cm³/mol. The third-order valence-electron chi connectivity index (χ3n) is 24.4. The smallest absolute Gasteiger partial charge is 0.383 e. The number of ether oxygens (including phenoxy) is 1. The van der Waals surface area contributed by atoms with Gasteiger partial charge in [0, 0.05) is 63.2 Å². The SMILES string of the molecule is C=S(=O)(c1ccc(F)cc1)N(CCOC)[C@H]1CCC2=Cc3c(cnn3-c3ccc(F)cc3)C[C@]2(C(=O)c2ncc(C(F)(F)F)s2)C1.C=S(=O)(c1cn(C)nn1)N(CC(F)F)[C@H]1CCC2=Cc3c(cnn3-c3ccc(F)cc3)C[C@]2(C(=O)c2cc(F)ccn2)C1.Cn1cnc(S(=O)(=O)[C@H]2CCC3=Cc4c(cnn4-c4ccc(F)cc4)C[C@]3(C(=O)c3ccc(C(F)(F)F)cn3)C2)n1. The van der Waals surface area contributed by atoms with Gasteiger partial charge in [0.15, 0.2) is 21.6 Å². The molecule has 4 aromatic carbocycles. The van der Waals surface area contributed by atoms with E-state index in [1.807, 2.05) is 12.2 Å². The van der Waals surface area contributed by atoms with Crippen LogP contribution in [0.1, 0.15) is 133 Å². The highest BCUT2D eigenvalue weighted by Crippen LogP contribution is 2.56. The normalized spacial score (nSPS) is 21.0. The number of hydrogen-bond acceptors (Lipinski definition) is 19. The number of hydrogen-bond donors (Lipinski definition) is 0. The van der Waals surface area contributed by atoms with E-state index in [-0.39, 0.29) is 104 Å². The van der Waals surface area contributed by atoms with E-state index in [0.29, 0.717) is 109 Å². The number of carbonyl (C=O) groups excluding carboxylic acids is 3. The third-order valence-corrected chi connectivity index (χ3v) is 31.7. The monoisotopic (exact) mass is 1880 g/mol. The summed E-state index contributed by atoms with van der Waals surface area (Å²) < 4.78 is 248. The molecule has 2 unspecified atom stereocenters. The first kappa shape index (κ1) is 91.2. The predicted octanol–water partition coefficient (Wildman–Crippen LogP) is 15.3. The molecule has 0 saturated heterocycles. The highest BCUT2D eigenvalue weighted by atomic mass is 32.2. The van der Waals surface area contributed by atoms with Crippen molar-refractivity contribution >= 4 is 87.9 Å². The zero-order chi connectivity index (χ0) is 92.5. The Morgan fingerprint density at radius 2 is 1.03 bits per heavy atom. The Bertz CT molecular complexity index is 6810. The van der Waals surface area contributed by atoms with Gasteiger partial charge in [-0.3, -0.25) is 33.7 Å². The molecule has 0 bridgehead atoms. The number of halogens is 13. The lowest BCUT2D eigenvalue weighted by Crippen LogP contribution is -2.51. The van der Waals surface area contributed by atoms with Crippen LogP contribution in [0.15, 0.2) is 203 Å². The number of methoxy groups -OCH3 is 1. The zero-order valence-electron chi connectivity index (χ0n) is 69.1. The van der Waals surface area contributed by atoms with Gasteiger partial charge in [-0.05, 0) is 239 Å². The van der Waals surface area contributed by atoms with E-state index in [1.54, 1.807) is 86.5 Å².